The summed E-state index contributed by atoms with van der Waals surface area (Å²) < 4.78 is 0. The van der Waals surface area contributed by atoms with Crippen molar-refractivity contribution in [3.63, 3.8) is 0 Å². The van der Waals surface area contributed by atoms with Crippen molar-refractivity contribution in [3.8, 4) is 0 Å². The fourth-order valence-electron chi connectivity index (χ4n) is 2.80. The van der Waals surface area contributed by atoms with Gasteiger partial charge in [0.05, 0.1) is 11.4 Å². The summed E-state index contributed by atoms with van der Waals surface area (Å²) in [7, 11) is 0. The second-order valence-electron chi connectivity index (χ2n) is 6.65. The first kappa shape index (κ1) is 20.8. The molecule has 0 aliphatic carbocycles. The van der Waals surface area contributed by atoms with E-state index in [1.807, 2.05) is 30.3 Å². The van der Waals surface area contributed by atoms with E-state index < -0.39 is 0 Å². The lowest BCUT2D eigenvalue weighted by Crippen LogP contribution is -2.08. The lowest BCUT2D eigenvalue weighted by molar-refractivity contribution is -0.111. The number of H-pyrrole nitrogens is 1. The Bertz CT molecular complexity index is 923. The predicted molar refractivity (Wildman–Crippen MR) is 118 cm³/mol. The van der Waals surface area contributed by atoms with Crippen molar-refractivity contribution in [1.29, 1.82) is 0 Å². The minimum Gasteiger partial charge on any atom is -0.321 e. The van der Waals surface area contributed by atoms with E-state index in [-0.39, 0.29) is 5.91 Å². The molecule has 0 radical (unpaired) electrons. The standard InChI is InChI=1S/C22H25N5OS/c1-2-3-4-7-17-10-12-18(13-11-17)14-15-22(28)23-19-8-5-6-9-20(19)29-16-21-24-26-27-25-21/h5-6,8-15H,2-4,7,16H2,1H3,(H,23,28)(H,24,25,26,27)/b15-14+. The summed E-state index contributed by atoms with van der Waals surface area (Å²) in [5.74, 6) is 1.13. The number of thioether (sulfide) groups is 1. The molecule has 0 aliphatic rings. The normalized spacial score (nSPS) is 11.1. The van der Waals surface area contributed by atoms with Crippen molar-refractivity contribution in [2.45, 2.75) is 43.3 Å². The fourth-order valence-corrected chi connectivity index (χ4v) is 3.67. The van der Waals surface area contributed by atoms with Gasteiger partial charge in [-0.1, -0.05) is 56.2 Å². The van der Waals surface area contributed by atoms with Crippen LogP contribution >= 0.6 is 11.8 Å². The third-order valence-corrected chi connectivity index (χ3v) is 5.46. The fraction of sp³-hybridized carbons (Fsp3) is 0.273. The van der Waals surface area contributed by atoms with Crippen molar-refractivity contribution in [1.82, 2.24) is 20.6 Å². The number of rotatable bonds is 10. The number of hydrogen-bond acceptors (Lipinski definition) is 5. The molecule has 0 saturated carbocycles. The SMILES string of the molecule is CCCCCc1ccc(/C=C/C(=O)Nc2ccccc2SCc2nnn[nH]2)cc1. The van der Waals surface area contributed by atoms with Crippen LogP contribution in [0.2, 0.25) is 0 Å². The maximum atomic E-state index is 12.4. The summed E-state index contributed by atoms with van der Waals surface area (Å²) in [5.41, 5.74) is 3.12. The van der Waals surface area contributed by atoms with Gasteiger partial charge in [0.1, 0.15) is 0 Å². The van der Waals surface area contributed by atoms with Crippen LogP contribution in [0.1, 0.15) is 43.1 Å². The molecule has 1 aromatic heterocycles. The Balaban J connectivity index is 1.55. The molecular formula is C22H25N5OS. The van der Waals surface area contributed by atoms with Crippen molar-refractivity contribution >= 4 is 29.4 Å². The molecule has 1 amide bonds. The van der Waals surface area contributed by atoms with Gasteiger partial charge >= 0.3 is 0 Å². The first-order chi connectivity index (χ1) is 14.2. The molecule has 7 heteroatoms. The first-order valence-electron chi connectivity index (χ1n) is 9.77. The minimum absolute atomic E-state index is 0.161. The molecule has 0 unspecified atom stereocenters. The molecule has 0 spiro atoms. The lowest BCUT2D eigenvalue weighted by atomic mass is 10.1. The Kier molecular flexibility index (Phi) is 8.01. The number of benzene rings is 2. The number of nitrogens with one attached hydrogen (secondary N) is 2. The molecule has 1 heterocycles. The quantitative estimate of drug-likeness (QED) is 0.284. The summed E-state index contributed by atoms with van der Waals surface area (Å²) in [6.45, 7) is 2.21. The van der Waals surface area contributed by atoms with Crippen molar-refractivity contribution in [3.05, 3.63) is 71.6 Å². The van der Waals surface area contributed by atoms with Gasteiger partial charge in [-0.2, -0.15) is 0 Å². The van der Waals surface area contributed by atoms with Gasteiger partial charge in [-0.15, -0.1) is 16.9 Å². The van der Waals surface area contributed by atoms with Crippen molar-refractivity contribution < 1.29 is 4.79 Å². The topological polar surface area (TPSA) is 83.6 Å². The zero-order chi connectivity index (χ0) is 20.3. The van der Waals surface area contributed by atoms with Crippen LogP contribution in [0.4, 0.5) is 5.69 Å². The van der Waals surface area contributed by atoms with Crippen LogP contribution in [-0.2, 0) is 17.0 Å². The largest absolute Gasteiger partial charge is 0.321 e. The predicted octanol–water partition coefficient (Wildman–Crippen LogP) is 4.88. The number of tetrazole rings is 1. The number of aromatic nitrogens is 4. The summed E-state index contributed by atoms with van der Waals surface area (Å²) in [6.07, 6.45) is 8.22. The average Bonchev–Trinajstić information content (AvgIpc) is 3.26. The zero-order valence-corrected chi connectivity index (χ0v) is 17.3. The molecule has 0 saturated heterocycles. The Hall–Kier alpha value is -2.93. The smallest absolute Gasteiger partial charge is 0.248 e. The molecule has 0 aliphatic heterocycles. The molecule has 3 rings (SSSR count). The van der Waals surface area contributed by atoms with Crippen LogP contribution in [-0.4, -0.2) is 26.5 Å². The Morgan fingerprint density at radius 1 is 1.14 bits per heavy atom. The average molecular weight is 408 g/mol. The van der Waals surface area contributed by atoms with Crippen LogP contribution in [0.15, 0.2) is 59.5 Å². The van der Waals surface area contributed by atoms with E-state index in [1.54, 1.807) is 17.8 Å². The van der Waals surface area contributed by atoms with Crippen LogP contribution < -0.4 is 5.32 Å². The highest BCUT2D eigenvalue weighted by Crippen LogP contribution is 2.28. The molecule has 0 bridgehead atoms. The van der Waals surface area contributed by atoms with Crippen LogP contribution in [0, 0.1) is 0 Å². The third kappa shape index (κ3) is 6.87. The van der Waals surface area contributed by atoms with Crippen LogP contribution in [0.3, 0.4) is 0 Å². The number of aryl methyl sites for hydroxylation is 1. The molecule has 0 atom stereocenters. The number of amides is 1. The highest BCUT2D eigenvalue weighted by atomic mass is 32.2. The number of unbranched alkanes of at least 4 members (excludes halogenated alkanes) is 2. The van der Waals surface area contributed by atoms with Gasteiger partial charge in [0.15, 0.2) is 5.82 Å². The second-order valence-corrected chi connectivity index (χ2v) is 7.67. The maximum Gasteiger partial charge on any atom is 0.248 e. The highest BCUT2D eigenvalue weighted by molar-refractivity contribution is 7.98. The molecule has 29 heavy (non-hydrogen) atoms. The third-order valence-electron chi connectivity index (χ3n) is 4.37. The molecule has 6 nitrogen and oxygen atoms in total. The summed E-state index contributed by atoms with van der Waals surface area (Å²) in [4.78, 5) is 13.3. The van der Waals surface area contributed by atoms with Crippen LogP contribution in [0.5, 0.6) is 0 Å². The Morgan fingerprint density at radius 2 is 1.97 bits per heavy atom. The maximum absolute atomic E-state index is 12.4. The van der Waals surface area contributed by atoms with Gasteiger partial charge in [0.25, 0.3) is 0 Å². The molecule has 2 aromatic carbocycles. The monoisotopic (exact) mass is 407 g/mol. The van der Waals surface area contributed by atoms with Gasteiger partial charge in [-0.3, -0.25) is 4.79 Å². The van der Waals surface area contributed by atoms with Gasteiger partial charge in [0.2, 0.25) is 5.91 Å². The van der Waals surface area contributed by atoms with E-state index in [4.69, 9.17) is 0 Å². The lowest BCUT2D eigenvalue weighted by Gasteiger charge is -2.08. The van der Waals surface area contributed by atoms with E-state index in [2.05, 4.69) is 57.1 Å². The number of carbonyl (C=O) groups excluding carboxylic acids is 1. The van der Waals surface area contributed by atoms with Gasteiger partial charge in [-0.05, 0) is 52.6 Å². The zero-order valence-electron chi connectivity index (χ0n) is 16.5. The Labute approximate surface area is 175 Å². The minimum atomic E-state index is -0.161. The number of anilines is 1. The number of aromatic amines is 1. The van der Waals surface area contributed by atoms with Gasteiger partial charge in [0, 0.05) is 11.0 Å². The first-order valence-corrected chi connectivity index (χ1v) is 10.8. The Morgan fingerprint density at radius 3 is 2.72 bits per heavy atom. The van der Waals surface area contributed by atoms with E-state index in [1.165, 1.54) is 24.8 Å². The van der Waals surface area contributed by atoms with E-state index >= 15 is 0 Å². The number of hydrogen-bond donors (Lipinski definition) is 2. The van der Waals surface area contributed by atoms with Crippen molar-refractivity contribution in [2.75, 3.05) is 5.32 Å². The molecule has 2 N–H and O–H groups in total. The van der Waals surface area contributed by atoms with E-state index in [0.29, 0.717) is 11.6 Å². The highest BCUT2D eigenvalue weighted by Gasteiger charge is 2.07. The number of para-hydroxylation sites is 1. The van der Waals surface area contributed by atoms with Crippen LogP contribution in [0.25, 0.3) is 6.08 Å². The number of nitrogens with zero attached hydrogens (tertiary/aromatic N) is 3. The molecule has 0 fully saturated rings. The molecule has 150 valence electrons. The molecular weight excluding hydrogens is 382 g/mol. The summed E-state index contributed by atoms with van der Waals surface area (Å²) in [5, 5.41) is 16.7. The van der Waals surface area contributed by atoms with E-state index in [0.717, 1.165) is 22.6 Å². The van der Waals surface area contributed by atoms with Gasteiger partial charge < -0.3 is 5.32 Å². The van der Waals surface area contributed by atoms with E-state index in [9.17, 15) is 4.79 Å². The number of carbonyl (C=O) groups is 1. The van der Waals surface area contributed by atoms with Gasteiger partial charge in [-0.25, -0.2) is 5.10 Å². The second kappa shape index (κ2) is 11.2. The molecule has 3 aromatic rings. The summed E-state index contributed by atoms with van der Waals surface area (Å²) >= 11 is 1.56. The van der Waals surface area contributed by atoms with Crippen molar-refractivity contribution in [2.24, 2.45) is 0 Å². The summed E-state index contributed by atoms with van der Waals surface area (Å²) in [6, 6.07) is 16.1.